The molecule has 1 aromatic carbocycles. The molecule has 0 bridgehead atoms. The van der Waals surface area contributed by atoms with Crippen LogP contribution in [0.4, 0.5) is 11.5 Å². The average Bonchev–Trinajstić information content (AvgIpc) is 2.82. The number of fused-ring (bicyclic) bond motifs is 1. The van der Waals surface area contributed by atoms with Gasteiger partial charge in [0.05, 0.1) is 5.52 Å². The van der Waals surface area contributed by atoms with Crippen LogP contribution < -0.4 is 10.6 Å². The van der Waals surface area contributed by atoms with Crippen LogP contribution in [-0.4, -0.2) is 23.1 Å². The molecule has 5 heteroatoms. The van der Waals surface area contributed by atoms with Crippen LogP contribution in [0, 0.1) is 0 Å². The van der Waals surface area contributed by atoms with Crippen LogP contribution in [0.1, 0.15) is 12.8 Å². The molecular formula is C12H13ClN4. The van der Waals surface area contributed by atoms with Crippen LogP contribution in [0.3, 0.4) is 0 Å². The SMILES string of the molecule is Nc1ccc2nc(Cl)nc(N3CCCC3)c2c1. The van der Waals surface area contributed by atoms with Gasteiger partial charge >= 0.3 is 0 Å². The summed E-state index contributed by atoms with van der Waals surface area (Å²) in [6.45, 7) is 2.05. The number of hydrogen-bond donors (Lipinski definition) is 1. The maximum absolute atomic E-state index is 5.96. The minimum atomic E-state index is 0.296. The number of rotatable bonds is 1. The zero-order chi connectivity index (χ0) is 11.8. The van der Waals surface area contributed by atoms with E-state index in [9.17, 15) is 0 Å². The molecule has 0 saturated carbocycles. The maximum atomic E-state index is 5.96. The number of benzene rings is 1. The Bertz CT molecular complexity index is 564. The summed E-state index contributed by atoms with van der Waals surface area (Å²) in [5.74, 6) is 0.907. The molecule has 2 N–H and O–H groups in total. The molecule has 0 aliphatic carbocycles. The van der Waals surface area contributed by atoms with Crippen molar-refractivity contribution in [2.24, 2.45) is 0 Å². The van der Waals surface area contributed by atoms with Gasteiger partial charge in [-0.1, -0.05) is 0 Å². The van der Waals surface area contributed by atoms with Crippen LogP contribution in [0.5, 0.6) is 0 Å². The summed E-state index contributed by atoms with van der Waals surface area (Å²) in [6.07, 6.45) is 2.40. The quantitative estimate of drug-likeness (QED) is 0.622. The smallest absolute Gasteiger partial charge is 0.224 e. The lowest BCUT2D eigenvalue weighted by Crippen LogP contribution is -2.19. The van der Waals surface area contributed by atoms with Gasteiger partial charge in [-0.3, -0.25) is 0 Å². The molecule has 1 fully saturated rings. The first-order chi connectivity index (χ1) is 8.24. The Morgan fingerprint density at radius 2 is 1.94 bits per heavy atom. The van der Waals surface area contributed by atoms with Gasteiger partial charge in [0, 0.05) is 24.2 Å². The van der Waals surface area contributed by atoms with Crippen LogP contribution in [0.2, 0.25) is 5.28 Å². The molecule has 0 spiro atoms. The second-order valence-electron chi connectivity index (χ2n) is 4.29. The highest BCUT2D eigenvalue weighted by atomic mass is 35.5. The number of anilines is 2. The van der Waals surface area contributed by atoms with E-state index in [1.807, 2.05) is 18.2 Å². The molecular weight excluding hydrogens is 236 g/mol. The van der Waals surface area contributed by atoms with E-state index in [1.165, 1.54) is 12.8 Å². The largest absolute Gasteiger partial charge is 0.399 e. The highest BCUT2D eigenvalue weighted by molar-refractivity contribution is 6.28. The second-order valence-corrected chi connectivity index (χ2v) is 4.63. The molecule has 3 rings (SSSR count). The first-order valence-electron chi connectivity index (χ1n) is 5.72. The summed E-state index contributed by atoms with van der Waals surface area (Å²) >= 11 is 5.96. The van der Waals surface area contributed by atoms with E-state index in [1.54, 1.807) is 0 Å². The molecule has 4 nitrogen and oxygen atoms in total. The van der Waals surface area contributed by atoms with Crippen LogP contribution in [-0.2, 0) is 0 Å². The van der Waals surface area contributed by atoms with E-state index in [0.29, 0.717) is 5.28 Å². The lowest BCUT2D eigenvalue weighted by atomic mass is 10.2. The summed E-state index contributed by atoms with van der Waals surface area (Å²) in [4.78, 5) is 10.8. The van der Waals surface area contributed by atoms with Gasteiger partial charge in [-0.2, -0.15) is 4.98 Å². The third kappa shape index (κ3) is 1.89. The van der Waals surface area contributed by atoms with E-state index in [4.69, 9.17) is 17.3 Å². The summed E-state index contributed by atoms with van der Waals surface area (Å²) < 4.78 is 0. The Morgan fingerprint density at radius 1 is 1.18 bits per heavy atom. The fourth-order valence-electron chi connectivity index (χ4n) is 2.27. The maximum Gasteiger partial charge on any atom is 0.224 e. The van der Waals surface area contributed by atoms with Gasteiger partial charge in [-0.15, -0.1) is 0 Å². The fourth-order valence-corrected chi connectivity index (χ4v) is 2.44. The highest BCUT2D eigenvalue weighted by Crippen LogP contribution is 2.29. The molecule has 1 aliphatic heterocycles. The van der Waals surface area contributed by atoms with Gasteiger partial charge in [0.2, 0.25) is 5.28 Å². The van der Waals surface area contributed by atoms with Crippen molar-refractivity contribution < 1.29 is 0 Å². The standard InChI is InChI=1S/C12H13ClN4/c13-12-15-10-4-3-8(14)7-9(10)11(16-12)17-5-1-2-6-17/h3-4,7H,1-2,5-6,14H2. The molecule has 0 atom stereocenters. The molecule has 0 radical (unpaired) electrons. The second kappa shape index (κ2) is 4.04. The molecule has 2 aromatic rings. The Hall–Kier alpha value is -1.55. The van der Waals surface area contributed by atoms with Gasteiger partial charge in [0.1, 0.15) is 5.82 Å². The number of hydrogen-bond acceptors (Lipinski definition) is 4. The van der Waals surface area contributed by atoms with Crippen molar-refractivity contribution in [3.8, 4) is 0 Å². The van der Waals surface area contributed by atoms with Crippen molar-refractivity contribution in [3.05, 3.63) is 23.5 Å². The molecule has 88 valence electrons. The number of halogens is 1. The van der Waals surface area contributed by atoms with E-state index in [2.05, 4.69) is 14.9 Å². The van der Waals surface area contributed by atoms with Crippen LogP contribution in [0.25, 0.3) is 10.9 Å². The zero-order valence-corrected chi connectivity index (χ0v) is 10.1. The van der Waals surface area contributed by atoms with Gasteiger partial charge in [-0.25, -0.2) is 4.98 Å². The zero-order valence-electron chi connectivity index (χ0n) is 9.36. The topological polar surface area (TPSA) is 55.0 Å². The third-order valence-electron chi connectivity index (χ3n) is 3.08. The van der Waals surface area contributed by atoms with E-state index in [0.717, 1.165) is 35.5 Å². The van der Waals surface area contributed by atoms with Crippen molar-refractivity contribution in [1.82, 2.24) is 9.97 Å². The van der Waals surface area contributed by atoms with E-state index in [-0.39, 0.29) is 0 Å². The lowest BCUT2D eigenvalue weighted by Gasteiger charge is -2.18. The van der Waals surface area contributed by atoms with Gasteiger partial charge < -0.3 is 10.6 Å². The van der Waals surface area contributed by atoms with E-state index < -0.39 is 0 Å². The summed E-state index contributed by atoms with van der Waals surface area (Å²) in [5.41, 5.74) is 7.40. The molecule has 0 unspecified atom stereocenters. The predicted molar refractivity (Wildman–Crippen MR) is 70.4 cm³/mol. The van der Waals surface area contributed by atoms with Crippen molar-refractivity contribution in [2.45, 2.75) is 12.8 Å². The van der Waals surface area contributed by atoms with Crippen LogP contribution in [0.15, 0.2) is 18.2 Å². The number of nitrogen functional groups attached to an aromatic ring is 1. The third-order valence-corrected chi connectivity index (χ3v) is 3.25. The number of aromatic nitrogens is 2. The van der Waals surface area contributed by atoms with Gasteiger partial charge in [0.25, 0.3) is 0 Å². The molecule has 1 saturated heterocycles. The highest BCUT2D eigenvalue weighted by Gasteiger charge is 2.17. The predicted octanol–water partition coefficient (Wildman–Crippen LogP) is 2.47. The Balaban J connectivity index is 2.23. The fraction of sp³-hybridized carbons (Fsp3) is 0.333. The normalized spacial score (nSPS) is 15.7. The first kappa shape index (κ1) is 10.6. The van der Waals surface area contributed by atoms with Crippen molar-refractivity contribution in [1.29, 1.82) is 0 Å². The van der Waals surface area contributed by atoms with Gasteiger partial charge in [-0.05, 0) is 42.6 Å². The summed E-state index contributed by atoms with van der Waals surface area (Å²) in [5, 5.41) is 1.28. The summed E-state index contributed by atoms with van der Waals surface area (Å²) in [7, 11) is 0. The van der Waals surface area contributed by atoms with E-state index >= 15 is 0 Å². The van der Waals surface area contributed by atoms with Crippen LogP contribution >= 0.6 is 11.6 Å². The minimum Gasteiger partial charge on any atom is -0.399 e. The van der Waals surface area contributed by atoms with Crippen molar-refractivity contribution in [2.75, 3.05) is 23.7 Å². The average molecular weight is 249 g/mol. The monoisotopic (exact) mass is 248 g/mol. The number of nitrogens with two attached hydrogens (primary N) is 1. The molecule has 17 heavy (non-hydrogen) atoms. The molecule has 0 amide bonds. The van der Waals surface area contributed by atoms with Gasteiger partial charge in [0.15, 0.2) is 0 Å². The Kier molecular flexibility index (Phi) is 2.52. The molecule has 1 aromatic heterocycles. The Morgan fingerprint density at radius 3 is 2.71 bits per heavy atom. The summed E-state index contributed by atoms with van der Waals surface area (Å²) in [6, 6.07) is 5.64. The lowest BCUT2D eigenvalue weighted by molar-refractivity contribution is 0.939. The first-order valence-corrected chi connectivity index (χ1v) is 6.09. The van der Waals surface area contributed by atoms with Crippen molar-refractivity contribution in [3.63, 3.8) is 0 Å². The Labute approximate surface area is 104 Å². The van der Waals surface area contributed by atoms with Crippen molar-refractivity contribution >= 4 is 34.0 Å². The molecule has 1 aliphatic rings. The molecule has 2 heterocycles. The number of nitrogens with zero attached hydrogens (tertiary/aromatic N) is 3. The minimum absolute atomic E-state index is 0.296.